The average Bonchev–Trinajstić information content (AvgIpc) is 2.72. The maximum atomic E-state index is 13.0. The van der Waals surface area contributed by atoms with Crippen molar-refractivity contribution in [3.63, 3.8) is 0 Å². The molecule has 2 heterocycles. The number of fused-ring (bicyclic) bond motifs is 2. The van der Waals surface area contributed by atoms with Gasteiger partial charge in [0.1, 0.15) is 0 Å². The molecule has 1 aromatic rings. The zero-order valence-corrected chi connectivity index (χ0v) is 14.4. The molecule has 23 heavy (non-hydrogen) atoms. The summed E-state index contributed by atoms with van der Waals surface area (Å²) in [6.45, 7) is 3.05. The van der Waals surface area contributed by atoms with Crippen molar-refractivity contribution in [3.8, 4) is 0 Å². The minimum atomic E-state index is -3.71. The Bertz CT molecular complexity index is 696. The number of nitro benzene ring substituents is 1. The van der Waals surface area contributed by atoms with Crippen molar-refractivity contribution in [2.75, 3.05) is 13.1 Å². The summed E-state index contributed by atoms with van der Waals surface area (Å²) in [5.41, 5.74) is 0.311. The summed E-state index contributed by atoms with van der Waals surface area (Å²) in [7, 11) is -3.71. The van der Waals surface area contributed by atoms with Crippen LogP contribution in [0.4, 0.5) is 5.69 Å². The lowest BCUT2D eigenvalue weighted by Gasteiger charge is -2.26. The van der Waals surface area contributed by atoms with E-state index in [4.69, 9.17) is 0 Å². The van der Waals surface area contributed by atoms with Gasteiger partial charge in [0.2, 0.25) is 10.0 Å². The first kappa shape index (κ1) is 18.1. The molecule has 0 spiro atoms. The Morgan fingerprint density at radius 2 is 1.96 bits per heavy atom. The van der Waals surface area contributed by atoms with Gasteiger partial charge in [0, 0.05) is 30.3 Å². The van der Waals surface area contributed by atoms with E-state index in [-0.39, 0.29) is 35.1 Å². The van der Waals surface area contributed by atoms with Crippen LogP contribution in [0.5, 0.6) is 0 Å². The van der Waals surface area contributed by atoms with E-state index in [0.29, 0.717) is 12.1 Å². The fourth-order valence-corrected chi connectivity index (χ4v) is 5.32. The van der Waals surface area contributed by atoms with E-state index in [1.807, 2.05) is 0 Å². The molecule has 7 nitrogen and oxygen atoms in total. The van der Waals surface area contributed by atoms with Crippen LogP contribution in [0.15, 0.2) is 23.1 Å². The van der Waals surface area contributed by atoms with Crippen LogP contribution in [0.3, 0.4) is 0 Å². The van der Waals surface area contributed by atoms with Crippen molar-refractivity contribution in [2.24, 2.45) is 0 Å². The number of benzene rings is 1. The van der Waals surface area contributed by atoms with Crippen LogP contribution in [-0.4, -0.2) is 42.8 Å². The summed E-state index contributed by atoms with van der Waals surface area (Å²) in [5, 5.41) is 14.3. The van der Waals surface area contributed by atoms with E-state index in [0.717, 1.165) is 25.8 Å². The molecule has 128 valence electrons. The second-order valence-corrected chi connectivity index (χ2v) is 7.76. The molecule has 0 amide bonds. The first-order valence-corrected chi connectivity index (χ1v) is 8.84. The number of rotatable bonds is 3. The SMILES string of the molecule is Cc1ccc(S(=O)(=O)N2C3CCNCC2CC3)cc1[N+](=O)[O-].Cl. The predicted molar refractivity (Wildman–Crippen MR) is 88.4 cm³/mol. The lowest BCUT2D eigenvalue weighted by Crippen LogP contribution is -2.42. The summed E-state index contributed by atoms with van der Waals surface area (Å²) in [6.07, 6.45) is 2.48. The zero-order chi connectivity index (χ0) is 15.9. The van der Waals surface area contributed by atoms with Crippen LogP contribution in [-0.2, 0) is 10.0 Å². The third-order valence-electron chi connectivity index (χ3n) is 4.54. The van der Waals surface area contributed by atoms with E-state index in [1.54, 1.807) is 11.2 Å². The van der Waals surface area contributed by atoms with Crippen LogP contribution >= 0.6 is 12.4 Å². The quantitative estimate of drug-likeness (QED) is 0.655. The van der Waals surface area contributed by atoms with Crippen molar-refractivity contribution in [1.82, 2.24) is 9.62 Å². The maximum absolute atomic E-state index is 13.0. The summed E-state index contributed by atoms with van der Waals surface area (Å²) < 4.78 is 27.5. The van der Waals surface area contributed by atoms with Gasteiger partial charge in [-0.1, -0.05) is 6.07 Å². The molecule has 2 fully saturated rings. The Kier molecular flexibility index (Phi) is 5.30. The van der Waals surface area contributed by atoms with Gasteiger partial charge in [-0.15, -0.1) is 12.4 Å². The average molecular weight is 362 g/mol. The highest BCUT2D eigenvalue weighted by atomic mass is 35.5. The fraction of sp³-hybridized carbons (Fsp3) is 0.571. The van der Waals surface area contributed by atoms with Crippen molar-refractivity contribution in [3.05, 3.63) is 33.9 Å². The Morgan fingerprint density at radius 1 is 1.26 bits per heavy atom. The smallest absolute Gasteiger partial charge is 0.273 e. The van der Waals surface area contributed by atoms with E-state index in [9.17, 15) is 18.5 Å². The molecule has 2 aliphatic rings. The lowest BCUT2D eigenvalue weighted by atomic mass is 10.1. The van der Waals surface area contributed by atoms with Crippen LogP contribution in [0.1, 0.15) is 24.8 Å². The third-order valence-corrected chi connectivity index (χ3v) is 6.54. The Hall–Kier alpha value is -1.22. The molecule has 1 aromatic carbocycles. The van der Waals surface area contributed by atoms with Crippen molar-refractivity contribution in [1.29, 1.82) is 0 Å². The second-order valence-electron chi connectivity index (χ2n) is 5.92. The van der Waals surface area contributed by atoms with Gasteiger partial charge in [-0.2, -0.15) is 4.31 Å². The minimum Gasteiger partial charge on any atom is -0.315 e. The molecule has 9 heteroatoms. The highest BCUT2D eigenvalue weighted by molar-refractivity contribution is 7.89. The molecular weight excluding hydrogens is 342 g/mol. The van der Waals surface area contributed by atoms with Gasteiger partial charge in [0.05, 0.1) is 9.82 Å². The van der Waals surface area contributed by atoms with Crippen molar-refractivity contribution in [2.45, 2.75) is 43.2 Å². The second kappa shape index (κ2) is 6.72. The molecule has 2 bridgehead atoms. The number of sulfonamides is 1. The van der Waals surface area contributed by atoms with Crippen LogP contribution in [0, 0.1) is 17.0 Å². The van der Waals surface area contributed by atoms with Crippen LogP contribution < -0.4 is 5.32 Å². The van der Waals surface area contributed by atoms with Gasteiger partial charge in [-0.05, 0) is 38.8 Å². The number of aryl methyl sites for hydroxylation is 1. The van der Waals surface area contributed by atoms with Gasteiger partial charge >= 0.3 is 0 Å². The summed E-state index contributed by atoms with van der Waals surface area (Å²) in [6, 6.07) is 4.09. The van der Waals surface area contributed by atoms with E-state index >= 15 is 0 Å². The molecule has 0 radical (unpaired) electrons. The Balaban J connectivity index is 0.00000192. The topological polar surface area (TPSA) is 92.6 Å². The minimum absolute atomic E-state index is 0. The number of nitrogens with one attached hydrogen (secondary N) is 1. The lowest BCUT2D eigenvalue weighted by molar-refractivity contribution is -0.385. The molecule has 0 aliphatic carbocycles. The summed E-state index contributed by atoms with van der Waals surface area (Å²) >= 11 is 0. The molecule has 2 unspecified atom stereocenters. The summed E-state index contributed by atoms with van der Waals surface area (Å²) in [4.78, 5) is 10.5. The summed E-state index contributed by atoms with van der Waals surface area (Å²) in [5.74, 6) is 0. The molecule has 2 atom stereocenters. The van der Waals surface area contributed by atoms with Gasteiger partial charge in [-0.3, -0.25) is 10.1 Å². The highest BCUT2D eigenvalue weighted by Gasteiger charge is 2.43. The number of nitro groups is 1. The third kappa shape index (κ3) is 3.21. The van der Waals surface area contributed by atoms with Crippen LogP contribution in [0.25, 0.3) is 0 Å². The van der Waals surface area contributed by atoms with Crippen LogP contribution in [0.2, 0.25) is 0 Å². The molecular formula is C14H20ClN3O4S. The number of hydrogen-bond acceptors (Lipinski definition) is 5. The van der Waals surface area contributed by atoms with Crippen molar-refractivity contribution >= 4 is 28.1 Å². The highest BCUT2D eigenvalue weighted by Crippen LogP contribution is 2.34. The van der Waals surface area contributed by atoms with Crippen molar-refractivity contribution < 1.29 is 13.3 Å². The largest absolute Gasteiger partial charge is 0.315 e. The first-order valence-electron chi connectivity index (χ1n) is 7.40. The van der Waals surface area contributed by atoms with E-state index in [2.05, 4.69) is 5.32 Å². The first-order chi connectivity index (χ1) is 10.4. The van der Waals surface area contributed by atoms with Gasteiger partial charge < -0.3 is 5.32 Å². The van der Waals surface area contributed by atoms with Gasteiger partial charge in [0.25, 0.3) is 5.69 Å². The zero-order valence-electron chi connectivity index (χ0n) is 12.8. The monoisotopic (exact) mass is 361 g/mol. The molecule has 2 aliphatic heterocycles. The molecule has 3 rings (SSSR count). The Labute approximate surface area is 141 Å². The maximum Gasteiger partial charge on any atom is 0.273 e. The van der Waals surface area contributed by atoms with E-state index < -0.39 is 14.9 Å². The Morgan fingerprint density at radius 3 is 2.65 bits per heavy atom. The number of hydrogen-bond donors (Lipinski definition) is 1. The standard InChI is InChI=1S/C14H19N3O4S.ClH/c1-10-2-5-13(8-14(10)17(18)19)22(20,21)16-11-3-4-12(16)9-15-7-6-11;/h2,5,8,11-12,15H,3-4,6-7,9H2,1H3;1H. The fourth-order valence-electron chi connectivity index (χ4n) is 3.40. The molecule has 1 N–H and O–H groups in total. The van der Waals surface area contributed by atoms with Gasteiger partial charge in [0.15, 0.2) is 0 Å². The molecule has 0 aromatic heterocycles. The molecule has 2 saturated heterocycles. The predicted octanol–water partition coefficient (Wildman–Crippen LogP) is 1.84. The van der Waals surface area contributed by atoms with E-state index in [1.165, 1.54) is 18.2 Å². The van der Waals surface area contributed by atoms with Gasteiger partial charge in [-0.25, -0.2) is 8.42 Å². The molecule has 0 saturated carbocycles. The number of nitrogens with zero attached hydrogens (tertiary/aromatic N) is 2. The normalized spacial score (nSPS) is 24.7. The number of halogens is 1.